The maximum absolute atomic E-state index is 11.6. The predicted octanol–water partition coefficient (Wildman–Crippen LogP) is 1.59. The number of hydrogen-bond acceptors (Lipinski definition) is 4. The summed E-state index contributed by atoms with van der Waals surface area (Å²) in [5.41, 5.74) is 7.30. The van der Waals surface area contributed by atoms with Gasteiger partial charge in [-0.3, -0.25) is 4.79 Å². The highest BCUT2D eigenvalue weighted by molar-refractivity contribution is 5.27. The van der Waals surface area contributed by atoms with Crippen LogP contribution in [0.4, 0.5) is 0 Å². The number of hydrogen-bond donors (Lipinski definition) is 2. The molecule has 3 N–H and O–H groups in total. The summed E-state index contributed by atoms with van der Waals surface area (Å²) in [6.07, 6.45) is 2.13. The summed E-state index contributed by atoms with van der Waals surface area (Å²) < 4.78 is 5.67. The van der Waals surface area contributed by atoms with Gasteiger partial charge in [0.25, 0.3) is 5.56 Å². The topological polar surface area (TPSA) is 81.0 Å². The van der Waals surface area contributed by atoms with E-state index in [1.54, 1.807) is 0 Å². The molecule has 1 aromatic heterocycles. The summed E-state index contributed by atoms with van der Waals surface area (Å²) in [6.45, 7) is 3.10. The molecule has 0 amide bonds. The van der Waals surface area contributed by atoms with Crippen LogP contribution in [0.15, 0.2) is 35.1 Å². The molecule has 0 bridgehead atoms. The summed E-state index contributed by atoms with van der Waals surface area (Å²) in [5, 5.41) is 0. The van der Waals surface area contributed by atoms with Gasteiger partial charge in [0.2, 0.25) is 0 Å². The Morgan fingerprint density at radius 3 is 2.90 bits per heavy atom. The molecule has 0 fully saturated rings. The van der Waals surface area contributed by atoms with Crippen LogP contribution in [0.1, 0.15) is 23.5 Å². The number of rotatable bonds is 7. The zero-order valence-corrected chi connectivity index (χ0v) is 12.3. The SMILES string of the molecule is Cc1cccc(OCCc2nc(CCCN)cc(=O)[nH]2)c1. The average molecular weight is 287 g/mol. The first-order valence-electron chi connectivity index (χ1n) is 7.16. The Morgan fingerprint density at radius 1 is 1.29 bits per heavy atom. The highest BCUT2D eigenvalue weighted by Crippen LogP contribution is 2.12. The molecule has 2 rings (SSSR count). The number of benzene rings is 1. The van der Waals surface area contributed by atoms with Gasteiger partial charge in [0.05, 0.1) is 6.61 Å². The van der Waals surface area contributed by atoms with Crippen molar-refractivity contribution in [1.29, 1.82) is 0 Å². The number of H-pyrrole nitrogens is 1. The average Bonchev–Trinajstić information content (AvgIpc) is 2.45. The molecule has 0 saturated heterocycles. The van der Waals surface area contributed by atoms with Gasteiger partial charge in [0.1, 0.15) is 11.6 Å². The fourth-order valence-electron chi connectivity index (χ4n) is 2.06. The third kappa shape index (κ3) is 5.04. The summed E-state index contributed by atoms with van der Waals surface area (Å²) in [5.74, 6) is 1.49. The highest BCUT2D eigenvalue weighted by atomic mass is 16.5. The molecule has 1 heterocycles. The van der Waals surface area contributed by atoms with E-state index < -0.39 is 0 Å². The van der Waals surface area contributed by atoms with Crippen LogP contribution in [0.5, 0.6) is 5.75 Å². The fraction of sp³-hybridized carbons (Fsp3) is 0.375. The Balaban J connectivity index is 1.93. The van der Waals surface area contributed by atoms with E-state index in [1.807, 2.05) is 31.2 Å². The highest BCUT2D eigenvalue weighted by Gasteiger charge is 2.02. The fourth-order valence-corrected chi connectivity index (χ4v) is 2.06. The van der Waals surface area contributed by atoms with Crippen LogP contribution in [0, 0.1) is 6.92 Å². The molecule has 1 aromatic carbocycles. The lowest BCUT2D eigenvalue weighted by atomic mass is 10.2. The number of aromatic amines is 1. The van der Waals surface area contributed by atoms with Crippen LogP contribution in [-0.2, 0) is 12.8 Å². The van der Waals surface area contributed by atoms with Gasteiger partial charge in [-0.25, -0.2) is 4.98 Å². The third-order valence-corrected chi connectivity index (χ3v) is 3.08. The quantitative estimate of drug-likeness (QED) is 0.810. The summed E-state index contributed by atoms with van der Waals surface area (Å²) in [7, 11) is 0. The van der Waals surface area contributed by atoms with E-state index in [9.17, 15) is 4.79 Å². The minimum absolute atomic E-state index is 0.123. The molecular formula is C16H21N3O2. The van der Waals surface area contributed by atoms with E-state index in [1.165, 1.54) is 6.07 Å². The molecule has 0 aliphatic carbocycles. The maximum atomic E-state index is 11.6. The summed E-state index contributed by atoms with van der Waals surface area (Å²) in [6, 6.07) is 9.40. The normalized spacial score (nSPS) is 10.6. The van der Waals surface area contributed by atoms with Gasteiger partial charge in [-0.05, 0) is 44.0 Å². The Bertz CT molecular complexity index is 637. The molecule has 112 valence electrons. The van der Waals surface area contributed by atoms with Gasteiger partial charge in [-0.1, -0.05) is 12.1 Å². The van der Waals surface area contributed by atoms with Crippen molar-refractivity contribution in [2.75, 3.05) is 13.2 Å². The van der Waals surface area contributed by atoms with Crippen molar-refractivity contribution in [3.8, 4) is 5.75 Å². The van der Waals surface area contributed by atoms with E-state index >= 15 is 0 Å². The van der Waals surface area contributed by atoms with E-state index in [0.29, 0.717) is 25.4 Å². The predicted molar refractivity (Wildman–Crippen MR) is 82.6 cm³/mol. The Morgan fingerprint density at radius 2 is 2.14 bits per heavy atom. The molecule has 0 aliphatic heterocycles. The zero-order chi connectivity index (χ0) is 15.1. The Labute approximate surface area is 124 Å². The summed E-state index contributed by atoms with van der Waals surface area (Å²) >= 11 is 0. The Hall–Kier alpha value is -2.14. The second-order valence-corrected chi connectivity index (χ2v) is 4.99. The van der Waals surface area contributed by atoms with Crippen molar-refractivity contribution in [1.82, 2.24) is 9.97 Å². The van der Waals surface area contributed by atoms with Crippen molar-refractivity contribution in [2.24, 2.45) is 5.73 Å². The Kier molecular flexibility index (Phi) is 5.51. The van der Waals surface area contributed by atoms with Crippen LogP contribution in [-0.4, -0.2) is 23.1 Å². The maximum Gasteiger partial charge on any atom is 0.251 e. The number of nitrogens with zero attached hydrogens (tertiary/aromatic N) is 1. The largest absolute Gasteiger partial charge is 0.493 e. The van der Waals surface area contributed by atoms with Crippen molar-refractivity contribution in [3.05, 3.63) is 57.8 Å². The van der Waals surface area contributed by atoms with Crippen LogP contribution >= 0.6 is 0 Å². The first kappa shape index (κ1) is 15.3. The molecule has 0 aliphatic rings. The van der Waals surface area contributed by atoms with E-state index in [0.717, 1.165) is 29.8 Å². The van der Waals surface area contributed by atoms with Gasteiger partial charge >= 0.3 is 0 Å². The number of nitrogens with two attached hydrogens (primary N) is 1. The molecule has 21 heavy (non-hydrogen) atoms. The molecule has 2 aromatic rings. The van der Waals surface area contributed by atoms with Crippen LogP contribution in [0.2, 0.25) is 0 Å². The number of nitrogens with one attached hydrogen (secondary N) is 1. The lowest BCUT2D eigenvalue weighted by Crippen LogP contribution is -2.15. The van der Waals surface area contributed by atoms with Gasteiger partial charge in [0, 0.05) is 18.2 Å². The van der Waals surface area contributed by atoms with Crippen molar-refractivity contribution >= 4 is 0 Å². The first-order valence-corrected chi connectivity index (χ1v) is 7.16. The second-order valence-electron chi connectivity index (χ2n) is 4.99. The van der Waals surface area contributed by atoms with E-state index in [2.05, 4.69) is 9.97 Å². The lowest BCUT2D eigenvalue weighted by Gasteiger charge is -2.07. The molecule has 0 radical (unpaired) electrons. The zero-order valence-electron chi connectivity index (χ0n) is 12.3. The van der Waals surface area contributed by atoms with Crippen LogP contribution in [0.25, 0.3) is 0 Å². The third-order valence-electron chi connectivity index (χ3n) is 3.08. The van der Waals surface area contributed by atoms with E-state index in [4.69, 9.17) is 10.5 Å². The van der Waals surface area contributed by atoms with Crippen LogP contribution in [0.3, 0.4) is 0 Å². The van der Waals surface area contributed by atoms with Crippen molar-refractivity contribution in [2.45, 2.75) is 26.2 Å². The van der Waals surface area contributed by atoms with Crippen LogP contribution < -0.4 is 16.0 Å². The molecule has 5 heteroatoms. The molecule has 0 saturated carbocycles. The number of aryl methyl sites for hydroxylation is 2. The van der Waals surface area contributed by atoms with Crippen molar-refractivity contribution in [3.63, 3.8) is 0 Å². The van der Waals surface area contributed by atoms with Crippen molar-refractivity contribution < 1.29 is 4.74 Å². The standard InChI is InChI=1S/C16H21N3O2/c1-12-4-2-6-14(10-12)21-9-7-15-18-13(5-3-8-17)11-16(20)19-15/h2,4,6,10-11H,3,5,7-9,17H2,1H3,(H,18,19,20). The second kappa shape index (κ2) is 7.59. The van der Waals surface area contributed by atoms with Gasteiger partial charge in [-0.2, -0.15) is 0 Å². The molecule has 0 unspecified atom stereocenters. The number of aromatic nitrogens is 2. The van der Waals surface area contributed by atoms with E-state index in [-0.39, 0.29) is 5.56 Å². The summed E-state index contributed by atoms with van der Waals surface area (Å²) in [4.78, 5) is 18.8. The van der Waals surface area contributed by atoms with Gasteiger partial charge in [0.15, 0.2) is 0 Å². The molecular weight excluding hydrogens is 266 g/mol. The minimum Gasteiger partial charge on any atom is -0.493 e. The van der Waals surface area contributed by atoms with Gasteiger partial charge in [-0.15, -0.1) is 0 Å². The monoisotopic (exact) mass is 287 g/mol. The minimum atomic E-state index is -0.123. The lowest BCUT2D eigenvalue weighted by molar-refractivity contribution is 0.318. The molecule has 0 atom stereocenters. The first-order chi connectivity index (χ1) is 10.2. The molecule has 0 spiro atoms. The van der Waals surface area contributed by atoms with Gasteiger partial charge < -0.3 is 15.5 Å². The molecule has 5 nitrogen and oxygen atoms in total. The smallest absolute Gasteiger partial charge is 0.251 e. The number of ether oxygens (including phenoxy) is 1.